The van der Waals surface area contributed by atoms with Crippen LogP contribution < -0.4 is 0 Å². The summed E-state index contributed by atoms with van der Waals surface area (Å²) in [6.07, 6.45) is 1.22. The highest BCUT2D eigenvalue weighted by molar-refractivity contribution is 7.90. The van der Waals surface area contributed by atoms with Crippen LogP contribution in [0.4, 0.5) is 0 Å². The number of sulfone groups is 1. The van der Waals surface area contributed by atoms with Gasteiger partial charge in [0.25, 0.3) is 0 Å². The first kappa shape index (κ1) is 15.5. The van der Waals surface area contributed by atoms with Crippen molar-refractivity contribution in [1.82, 2.24) is 0 Å². The molecule has 0 fully saturated rings. The van der Waals surface area contributed by atoms with Crippen molar-refractivity contribution >= 4 is 21.4 Å². The van der Waals surface area contributed by atoms with E-state index in [4.69, 9.17) is 11.6 Å². The number of benzene rings is 1. The van der Waals surface area contributed by atoms with E-state index in [1.54, 1.807) is 0 Å². The number of halogens is 1. The molecule has 1 rings (SSSR count). The van der Waals surface area contributed by atoms with Gasteiger partial charge in [0.15, 0.2) is 0 Å². The molecule has 0 aromatic heterocycles. The van der Waals surface area contributed by atoms with Crippen molar-refractivity contribution in [3.63, 3.8) is 0 Å². The molecular formula is C14H21ClO2S. The molecule has 0 amide bonds. The maximum Gasteiger partial charge on any atom is 0.149 e. The van der Waals surface area contributed by atoms with Crippen molar-refractivity contribution in [2.24, 2.45) is 0 Å². The molecular weight excluding hydrogens is 268 g/mol. The predicted octanol–water partition coefficient (Wildman–Crippen LogP) is 3.55. The fourth-order valence-corrected chi connectivity index (χ4v) is 4.06. The monoisotopic (exact) mass is 288 g/mol. The van der Waals surface area contributed by atoms with Gasteiger partial charge in [0, 0.05) is 6.26 Å². The van der Waals surface area contributed by atoms with Gasteiger partial charge in [0.2, 0.25) is 0 Å². The van der Waals surface area contributed by atoms with Crippen LogP contribution in [0.5, 0.6) is 0 Å². The molecule has 1 atom stereocenters. The van der Waals surface area contributed by atoms with Gasteiger partial charge in [-0.1, -0.05) is 0 Å². The summed E-state index contributed by atoms with van der Waals surface area (Å²) in [7, 11) is -3.07. The normalized spacial score (nSPS) is 13.7. The highest BCUT2D eigenvalue weighted by atomic mass is 35.5. The molecule has 4 heteroatoms. The molecule has 0 N–H and O–H groups in total. The predicted molar refractivity (Wildman–Crippen MR) is 78.4 cm³/mol. The second-order valence-corrected chi connectivity index (χ2v) is 7.81. The van der Waals surface area contributed by atoms with Crippen LogP contribution in [0.3, 0.4) is 0 Å². The van der Waals surface area contributed by atoms with E-state index in [2.05, 4.69) is 20.8 Å². The summed E-state index contributed by atoms with van der Waals surface area (Å²) in [6.45, 7) is 10.2. The third-order valence-corrected chi connectivity index (χ3v) is 5.31. The van der Waals surface area contributed by atoms with Gasteiger partial charge in [0.1, 0.15) is 9.84 Å². The Kier molecular flexibility index (Phi) is 4.50. The van der Waals surface area contributed by atoms with Gasteiger partial charge in [-0.25, -0.2) is 8.42 Å². The minimum Gasteiger partial charge on any atom is -0.229 e. The summed E-state index contributed by atoms with van der Waals surface area (Å²) in [5.74, 6) is -0.0157. The first-order valence-corrected chi connectivity index (χ1v) is 8.44. The topological polar surface area (TPSA) is 34.1 Å². The molecule has 0 aliphatic carbocycles. The number of alkyl halides is 1. The van der Waals surface area contributed by atoms with Gasteiger partial charge in [-0.2, -0.15) is 0 Å². The smallest absolute Gasteiger partial charge is 0.149 e. The van der Waals surface area contributed by atoms with Gasteiger partial charge in [0.05, 0.1) is 11.1 Å². The molecule has 18 heavy (non-hydrogen) atoms. The first-order valence-electron chi connectivity index (χ1n) is 5.95. The van der Waals surface area contributed by atoms with Crippen LogP contribution >= 0.6 is 11.6 Å². The van der Waals surface area contributed by atoms with E-state index in [-0.39, 0.29) is 5.75 Å². The molecule has 0 heterocycles. The zero-order chi connectivity index (χ0) is 14.2. The molecule has 0 aliphatic rings. The van der Waals surface area contributed by atoms with E-state index in [1.165, 1.54) is 22.9 Å². The highest BCUT2D eigenvalue weighted by Crippen LogP contribution is 2.34. The SMILES string of the molecule is Cc1c(C)c(C)c(C(Cl)CS(C)(=O)=O)c(C)c1C. The summed E-state index contributed by atoms with van der Waals surface area (Å²) in [6, 6.07) is 0. The van der Waals surface area contributed by atoms with Gasteiger partial charge in [-0.05, 0) is 68.0 Å². The molecule has 1 unspecified atom stereocenters. The van der Waals surface area contributed by atoms with Crippen molar-refractivity contribution in [3.05, 3.63) is 33.4 Å². The largest absolute Gasteiger partial charge is 0.229 e. The van der Waals surface area contributed by atoms with Crippen molar-refractivity contribution in [2.45, 2.75) is 40.0 Å². The summed E-state index contributed by atoms with van der Waals surface area (Å²) >= 11 is 6.32. The molecule has 0 spiro atoms. The van der Waals surface area contributed by atoms with Crippen LogP contribution in [0.1, 0.15) is 38.8 Å². The lowest BCUT2D eigenvalue weighted by Gasteiger charge is -2.21. The molecule has 0 saturated heterocycles. The minimum absolute atomic E-state index is 0.0157. The first-order chi connectivity index (χ1) is 8.06. The van der Waals surface area contributed by atoms with Crippen molar-refractivity contribution in [3.8, 4) is 0 Å². The number of hydrogen-bond acceptors (Lipinski definition) is 2. The Morgan fingerprint density at radius 2 is 1.22 bits per heavy atom. The maximum absolute atomic E-state index is 11.4. The van der Waals surface area contributed by atoms with Crippen molar-refractivity contribution in [1.29, 1.82) is 0 Å². The van der Waals surface area contributed by atoms with Crippen LogP contribution in [0.25, 0.3) is 0 Å². The maximum atomic E-state index is 11.4. The van der Waals surface area contributed by atoms with E-state index >= 15 is 0 Å². The Morgan fingerprint density at radius 3 is 1.56 bits per heavy atom. The Balaban J connectivity index is 3.42. The molecule has 2 nitrogen and oxygen atoms in total. The van der Waals surface area contributed by atoms with E-state index in [0.29, 0.717) is 0 Å². The summed E-state index contributed by atoms with van der Waals surface area (Å²) < 4.78 is 22.8. The van der Waals surface area contributed by atoms with Crippen LogP contribution in [-0.2, 0) is 9.84 Å². The van der Waals surface area contributed by atoms with Crippen molar-refractivity contribution in [2.75, 3.05) is 12.0 Å². The van der Waals surface area contributed by atoms with E-state index in [0.717, 1.165) is 16.7 Å². The lowest BCUT2D eigenvalue weighted by Crippen LogP contribution is -2.13. The fraction of sp³-hybridized carbons (Fsp3) is 0.571. The summed E-state index contributed by atoms with van der Waals surface area (Å²) in [4.78, 5) is 0. The number of hydrogen-bond donors (Lipinski definition) is 0. The second kappa shape index (κ2) is 5.22. The third kappa shape index (κ3) is 3.07. The van der Waals surface area contributed by atoms with Gasteiger partial charge >= 0.3 is 0 Å². The molecule has 0 radical (unpaired) electrons. The molecule has 1 aromatic rings. The molecule has 0 bridgehead atoms. The average molecular weight is 289 g/mol. The van der Waals surface area contributed by atoms with Crippen LogP contribution in [-0.4, -0.2) is 20.4 Å². The second-order valence-electron chi connectivity index (χ2n) is 5.10. The number of rotatable bonds is 3. The highest BCUT2D eigenvalue weighted by Gasteiger charge is 2.21. The van der Waals surface area contributed by atoms with Gasteiger partial charge < -0.3 is 0 Å². The Labute approximate surface area is 115 Å². The van der Waals surface area contributed by atoms with Crippen LogP contribution in [0.2, 0.25) is 0 Å². The molecule has 0 saturated carbocycles. The van der Waals surface area contributed by atoms with Gasteiger partial charge in [-0.15, -0.1) is 11.6 Å². The Hall–Kier alpha value is -0.540. The van der Waals surface area contributed by atoms with E-state index in [9.17, 15) is 8.42 Å². The third-order valence-electron chi connectivity index (χ3n) is 3.82. The standard InChI is InChI=1S/C14H21ClO2S/c1-8-9(2)11(4)14(12(5)10(8)3)13(15)7-18(6,16)17/h13H,7H2,1-6H3. The minimum atomic E-state index is -3.07. The molecule has 0 aliphatic heterocycles. The van der Waals surface area contributed by atoms with E-state index in [1.807, 2.05) is 13.8 Å². The lowest BCUT2D eigenvalue weighted by atomic mass is 9.88. The van der Waals surface area contributed by atoms with Crippen LogP contribution in [0.15, 0.2) is 0 Å². The molecule has 102 valence electrons. The zero-order valence-electron chi connectivity index (χ0n) is 11.9. The summed E-state index contributed by atoms with van der Waals surface area (Å²) in [5.41, 5.74) is 6.86. The summed E-state index contributed by atoms with van der Waals surface area (Å²) in [5, 5.41) is -0.474. The average Bonchev–Trinajstić information content (AvgIpc) is 2.21. The Bertz CT molecular complexity index is 545. The quantitative estimate of drug-likeness (QED) is 0.797. The fourth-order valence-electron chi connectivity index (χ4n) is 2.35. The Morgan fingerprint density at radius 1 is 0.889 bits per heavy atom. The van der Waals surface area contributed by atoms with E-state index < -0.39 is 15.2 Å². The molecule has 1 aromatic carbocycles. The zero-order valence-corrected chi connectivity index (χ0v) is 13.5. The van der Waals surface area contributed by atoms with Crippen LogP contribution in [0, 0.1) is 34.6 Å². The van der Waals surface area contributed by atoms with Gasteiger partial charge in [-0.3, -0.25) is 0 Å². The lowest BCUT2D eigenvalue weighted by molar-refractivity contribution is 0.600. The van der Waals surface area contributed by atoms with Crippen molar-refractivity contribution < 1.29 is 8.42 Å².